The van der Waals surface area contributed by atoms with Gasteiger partial charge in [0, 0.05) is 25.1 Å². The molecule has 1 amide bonds. The maximum atomic E-state index is 10.8. The van der Waals surface area contributed by atoms with Crippen molar-refractivity contribution < 1.29 is 4.79 Å². The zero-order chi connectivity index (χ0) is 10.7. The minimum atomic E-state index is -0.0177. The van der Waals surface area contributed by atoms with Crippen LogP contribution in [0.15, 0.2) is 36.5 Å². The Morgan fingerprint density at radius 2 is 2.20 bits per heavy atom. The number of hydrogen-bond donors (Lipinski definition) is 1. The van der Waals surface area contributed by atoms with E-state index in [1.165, 1.54) is 6.92 Å². The van der Waals surface area contributed by atoms with Crippen LogP contribution in [0.4, 0.5) is 0 Å². The topological polar surface area (TPSA) is 42.0 Å². The summed E-state index contributed by atoms with van der Waals surface area (Å²) in [5.74, 6) is -0.0177. The third-order valence-corrected chi connectivity index (χ3v) is 2.26. The van der Waals surface area contributed by atoms with E-state index in [1.807, 2.05) is 30.3 Å². The molecule has 0 spiro atoms. The van der Waals surface area contributed by atoms with Crippen molar-refractivity contribution in [2.24, 2.45) is 0 Å². The first kappa shape index (κ1) is 9.65. The molecule has 0 unspecified atom stereocenters. The SMILES string of the molecule is CC(=O)NCc1cccc2ncccc12. The molecule has 2 rings (SSSR count). The van der Waals surface area contributed by atoms with Gasteiger partial charge in [0.15, 0.2) is 0 Å². The molecule has 0 bridgehead atoms. The van der Waals surface area contributed by atoms with Crippen LogP contribution in [0.5, 0.6) is 0 Å². The van der Waals surface area contributed by atoms with E-state index in [-0.39, 0.29) is 5.91 Å². The largest absolute Gasteiger partial charge is 0.352 e. The zero-order valence-electron chi connectivity index (χ0n) is 8.53. The fourth-order valence-corrected chi connectivity index (χ4v) is 1.54. The molecular formula is C12H12N2O. The van der Waals surface area contributed by atoms with Crippen LogP contribution in [0.25, 0.3) is 10.9 Å². The summed E-state index contributed by atoms with van der Waals surface area (Å²) in [5, 5.41) is 3.88. The summed E-state index contributed by atoms with van der Waals surface area (Å²) in [5.41, 5.74) is 2.05. The van der Waals surface area contributed by atoms with Gasteiger partial charge in [-0.3, -0.25) is 9.78 Å². The van der Waals surface area contributed by atoms with Crippen LogP contribution in [0.2, 0.25) is 0 Å². The van der Waals surface area contributed by atoms with Gasteiger partial charge in [0.2, 0.25) is 5.91 Å². The quantitative estimate of drug-likeness (QED) is 0.804. The zero-order valence-corrected chi connectivity index (χ0v) is 8.53. The summed E-state index contributed by atoms with van der Waals surface area (Å²) in [4.78, 5) is 15.1. The van der Waals surface area contributed by atoms with E-state index in [9.17, 15) is 4.79 Å². The highest BCUT2D eigenvalue weighted by Gasteiger charge is 2.00. The van der Waals surface area contributed by atoms with E-state index in [0.29, 0.717) is 6.54 Å². The Morgan fingerprint density at radius 3 is 3.00 bits per heavy atom. The number of benzene rings is 1. The number of amides is 1. The monoisotopic (exact) mass is 200 g/mol. The fourth-order valence-electron chi connectivity index (χ4n) is 1.54. The van der Waals surface area contributed by atoms with Crippen LogP contribution in [-0.4, -0.2) is 10.9 Å². The second-order valence-corrected chi connectivity index (χ2v) is 3.40. The minimum Gasteiger partial charge on any atom is -0.352 e. The van der Waals surface area contributed by atoms with E-state index in [4.69, 9.17) is 0 Å². The standard InChI is InChI=1S/C12H12N2O/c1-9(15)14-8-10-4-2-6-12-11(10)5-3-7-13-12/h2-7H,8H2,1H3,(H,14,15). The molecule has 0 radical (unpaired) electrons. The lowest BCUT2D eigenvalue weighted by Crippen LogP contribution is -2.18. The van der Waals surface area contributed by atoms with Gasteiger partial charge in [-0.2, -0.15) is 0 Å². The highest BCUT2D eigenvalue weighted by molar-refractivity contribution is 5.82. The molecular weight excluding hydrogens is 188 g/mol. The molecule has 1 N–H and O–H groups in total. The average molecular weight is 200 g/mol. The Balaban J connectivity index is 2.38. The summed E-state index contributed by atoms with van der Waals surface area (Å²) in [6.07, 6.45) is 1.77. The van der Waals surface area contributed by atoms with Crippen LogP contribution < -0.4 is 5.32 Å². The van der Waals surface area contributed by atoms with Crippen molar-refractivity contribution in [3.63, 3.8) is 0 Å². The summed E-state index contributed by atoms with van der Waals surface area (Å²) in [7, 11) is 0. The molecule has 15 heavy (non-hydrogen) atoms. The van der Waals surface area contributed by atoms with Crippen molar-refractivity contribution in [3.8, 4) is 0 Å². The van der Waals surface area contributed by atoms with Crippen molar-refractivity contribution in [3.05, 3.63) is 42.1 Å². The van der Waals surface area contributed by atoms with E-state index in [0.717, 1.165) is 16.5 Å². The van der Waals surface area contributed by atoms with Crippen molar-refractivity contribution in [1.29, 1.82) is 0 Å². The molecule has 0 saturated carbocycles. The van der Waals surface area contributed by atoms with Crippen LogP contribution in [0, 0.1) is 0 Å². The summed E-state index contributed by atoms with van der Waals surface area (Å²) >= 11 is 0. The predicted molar refractivity (Wildman–Crippen MR) is 59.3 cm³/mol. The molecule has 0 aliphatic heterocycles. The molecule has 2 aromatic rings. The van der Waals surface area contributed by atoms with Gasteiger partial charge in [-0.25, -0.2) is 0 Å². The summed E-state index contributed by atoms with van der Waals surface area (Å²) < 4.78 is 0. The molecule has 76 valence electrons. The van der Waals surface area contributed by atoms with Gasteiger partial charge in [-0.1, -0.05) is 18.2 Å². The van der Waals surface area contributed by atoms with Gasteiger partial charge in [0.1, 0.15) is 0 Å². The Bertz CT molecular complexity index is 488. The lowest BCUT2D eigenvalue weighted by molar-refractivity contribution is -0.119. The second kappa shape index (κ2) is 4.09. The Morgan fingerprint density at radius 1 is 1.33 bits per heavy atom. The number of carbonyl (C=O) groups is 1. The number of fused-ring (bicyclic) bond motifs is 1. The third-order valence-electron chi connectivity index (χ3n) is 2.26. The molecule has 3 nitrogen and oxygen atoms in total. The summed E-state index contributed by atoms with van der Waals surface area (Å²) in [6, 6.07) is 9.83. The number of nitrogens with zero attached hydrogens (tertiary/aromatic N) is 1. The Labute approximate surface area is 88.1 Å². The van der Waals surface area contributed by atoms with Gasteiger partial charge in [-0.15, -0.1) is 0 Å². The minimum absolute atomic E-state index is 0.0177. The second-order valence-electron chi connectivity index (χ2n) is 3.40. The molecule has 1 aromatic heterocycles. The van der Waals surface area contributed by atoms with Crippen molar-refractivity contribution in [1.82, 2.24) is 10.3 Å². The van der Waals surface area contributed by atoms with Gasteiger partial charge >= 0.3 is 0 Å². The molecule has 0 aliphatic carbocycles. The third kappa shape index (κ3) is 2.13. The smallest absolute Gasteiger partial charge is 0.217 e. The van der Waals surface area contributed by atoms with Crippen molar-refractivity contribution in [2.75, 3.05) is 0 Å². The number of rotatable bonds is 2. The number of pyridine rings is 1. The molecule has 0 saturated heterocycles. The van der Waals surface area contributed by atoms with E-state index in [2.05, 4.69) is 10.3 Å². The average Bonchev–Trinajstić information content (AvgIpc) is 2.26. The number of nitrogens with one attached hydrogen (secondary N) is 1. The van der Waals surface area contributed by atoms with Gasteiger partial charge < -0.3 is 5.32 Å². The van der Waals surface area contributed by atoms with Gasteiger partial charge in [0.05, 0.1) is 5.52 Å². The molecule has 0 aliphatic rings. The van der Waals surface area contributed by atoms with Crippen LogP contribution in [-0.2, 0) is 11.3 Å². The number of aromatic nitrogens is 1. The summed E-state index contributed by atoms with van der Waals surface area (Å²) in [6.45, 7) is 2.07. The van der Waals surface area contributed by atoms with Gasteiger partial charge in [-0.05, 0) is 17.7 Å². The molecule has 1 heterocycles. The first-order valence-electron chi connectivity index (χ1n) is 4.84. The number of hydrogen-bond acceptors (Lipinski definition) is 2. The molecule has 0 fully saturated rings. The lowest BCUT2D eigenvalue weighted by atomic mass is 10.1. The van der Waals surface area contributed by atoms with E-state index >= 15 is 0 Å². The van der Waals surface area contributed by atoms with E-state index in [1.54, 1.807) is 6.20 Å². The molecule has 3 heteroatoms. The maximum Gasteiger partial charge on any atom is 0.217 e. The first-order chi connectivity index (χ1) is 7.27. The molecule has 1 aromatic carbocycles. The Kier molecular flexibility index (Phi) is 2.63. The van der Waals surface area contributed by atoms with Crippen molar-refractivity contribution in [2.45, 2.75) is 13.5 Å². The normalized spacial score (nSPS) is 10.2. The lowest BCUT2D eigenvalue weighted by Gasteiger charge is -2.05. The maximum absolute atomic E-state index is 10.8. The predicted octanol–water partition coefficient (Wildman–Crippen LogP) is 1.87. The van der Waals surface area contributed by atoms with Gasteiger partial charge in [0.25, 0.3) is 0 Å². The van der Waals surface area contributed by atoms with Crippen LogP contribution in [0.1, 0.15) is 12.5 Å². The molecule has 0 atom stereocenters. The van der Waals surface area contributed by atoms with E-state index < -0.39 is 0 Å². The highest BCUT2D eigenvalue weighted by Crippen LogP contribution is 2.15. The van der Waals surface area contributed by atoms with Crippen LogP contribution in [0.3, 0.4) is 0 Å². The number of carbonyl (C=O) groups excluding carboxylic acids is 1. The Hall–Kier alpha value is -1.90. The van der Waals surface area contributed by atoms with Crippen LogP contribution >= 0.6 is 0 Å². The van der Waals surface area contributed by atoms with Crippen molar-refractivity contribution >= 4 is 16.8 Å². The fraction of sp³-hybridized carbons (Fsp3) is 0.167. The first-order valence-corrected chi connectivity index (χ1v) is 4.84. The highest BCUT2D eigenvalue weighted by atomic mass is 16.1.